The second kappa shape index (κ2) is 5.33. The summed E-state index contributed by atoms with van der Waals surface area (Å²) in [5.74, 6) is -0.237. The van der Waals surface area contributed by atoms with Crippen molar-refractivity contribution in [1.29, 1.82) is 0 Å². The highest BCUT2D eigenvalue weighted by atomic mass is 35.5. The van der Waals surface area contributed by atoms with Crippen molar-refractivity contribution in [2.45, 2.75) is 13.8 Å². The Morgan fingerprint density at radius 1 is 1.16 bits per heavy atom. The summed E-state index contributed by atoms with van der Waals surface area (Å²) in [4.78, 5) is 12.2. The van der Waals surface area contributed by atoms with E-state index >= 15 is 0 Å². The molecule has 0 fully saturated rings. The minimum absolute atomic E-state index is 0.237. The third-order valence-corrected chi connectivity index (χ3v) is 3.19. The molecule has 0 aromatic heterocycles. The van der Waals surface area contributed by atoms with Gasteiger partial charge in [0.2, 0.25) is 0 Å². The molecule has 0 aliphatic heterocycles. The lowest BCUT2D eigenvalue weighted by Crippen LogP contribution is -2.13. The third-order valence-electron chi connectivity index (χ3n) is 2.88. The number of hydrogen-bond donors (Lipinski definition) is 2. The number of benzene rings is 2. The second-order valence-corrected chi connectivity index (χ2v) is 4.92. The van der Waals surface area contributed by atoms with Crippen LogP contribution in [0.1, 0.15) is 21.5 Å². The van der Waals surface area contributed by atoms with Gasteiger partial charge < -0.3 is 11.1 Å². The SMILES string of the molecule is Cc1ccc(C)c(NC(=O)c2ccc(N)cc2Cl)c1. The fourth-order valence-electron chi connectivity index (χ4n) is 1.78. The third kappa shape index (κ3) is 3.06. The summed E-state index contributed by atoms with van der Waals surface area (Å²) in [5.41, 5.74) is 9.44. The smallest absolute Gasteiger partial charge is 0.257 e. The number of carbonyl (C=O) groups excluding carboxylic acids is 1. The largest absolute Gasteiger partial charge is 0.399 e. The molecular weight excluding hydrogens is 260 g/mol. The van der Waals surface area contributed by atoms with E-state index in [1.165, 1.54) is 0 Å². The van der Waals surface area contributed by atoms with Crippen LogP contribution in [0.15, 0.2) is 36.4 Å². The molecule has 0 atom stereocenters. The summed E-state index contributed by atoms with van der Waals surface area (Å²) in [7, 11) is 0. The Morgan fingerprint density at radius 2 is 1.89 bits per heavy atom. The second-order valence-electron chi connectivity index (χ2n) is 4.51. The molecule has 1 amide bonds. The standard InChI is InChI=1S/C15H15ClN2O/c1-9-3-4-10(2)14(7-9)18-15(19)12-6-5-11(17)8-13(12)16/h3-8H,17H2,1-2H3,(H,18,19). The van der Waals surface area contributed by atoms with E-state index < -0.39 is 0 Å². The maximum atomic E-state index is 12.2. The zero-order valence-electron chi connectivity index (χ0n) is 10.8. The predicted molar refractivity (Wildman–Crippen MR) is 79.7 cm³/mol. The van der Waals surface area contributed by atoms with Gasteiger partial charge in [0.15, 0.2) is 0 Å². The lowest BCUT2D eigenvalue weighted by Gasteiger charge is -2.10. The van der Waals surface area contributed by atoms with E-state index in [-0.39, 0.29) is 5.91 Å². The summed E-state index contributed by atoms with van der Waals surface area (Å²) in [6, 6.07) is 10.7. The molecule has 2 aromatic rings. The van der Waals surface area contributed by atoms with Crippen LogP contribution in [0.5, 0.6) is 0 Å². The first-order valence-corrected chi connectivity index (χ1v) is 6.29. The van der Waals surface area contributed by atoms with Crippen LogP contribution in [0, 0.1) is 13.8 Å². The van der Waals surface area contributed by atoms with Crippen molar-refractivity contribution in [2.24, 2.45) is 0 Å². The Labute approximate surface area is 117 Å². The average Bonchev–Trinajstić information content (AvgIpc) is 2.33. The van der Waals surface area contributed by atoms with Gasteiger partial charge in [-0.25, -0.2) is 0 Å². The monoisotopic (exact) mass is 274 g/mol. The molecule has 0 saturated carbocycles. The summed E-state index contributed by atoms with van der Waals surface area (Å²) in [6.45, 7) is 3.92. The number of nitrogen functional groups attached to an aromatic ring is 1. The fourth-order valence-corrected chi connectivity index (χ4v) is 2.05. The van der Waals surface area contributed by atoms with Gasteiger partial charge in [0.1, 0.15) is 0 Å². The molecule has 0 heterocycles. The molecule has 0 unspecified atom stereocenters. The van der Waals surface area contributed by atoms with Crippen LogP contribution in [-0.4, -0.2) is 5.91 Å². The van der Waals surface area contributed by atoms with Crippen molar-refractivity contribution in [2.75, 3.05) is 11.1 Å². The first-order valence-electron chi connectivity index (χ1n) is 5.91. The van der Waals surface area contributed by atoms with Gasteiger partial charge in [-0.15, -0.1) is 0 Å². The number of rotatable bonds is 2. The number of aryl methyl sites for hydroxylation is 2. The Kier molecular flexibility index (Phi) is 3.76. The van der Waals surface area contributed by atoms with E-state index in [9.17, 15) is 4.79 Å². The van der Waals surface area contributed by atoms with Gasteiger partial charge in [0.05, 0.1) is 10.6 Å². The van der Waals surface area contributed by atoms with Crippen molar-refractivity contribution in [3.8, 4) is 0 Å². The zero-order chi connectivity index (χ0) is 14.0. The van der Waals surface area contributed by atoms with Crippen LogP contribution in [0.4, 0.5) is 11.4 Å². The van der Waals surface area contributed by atoms with E-state index in [1.54, 1.807) is 18.2 Å². The van der Waals surface area contributed by atoms with Gasteiger partial charge in [-0.05, 0) is 49.2 Å². The van der Waals surface area contributed by atoms with Crippen molar-refractivity contribution in [1.82, 2.24) is 0 Å². The molecule has 0 radical (unpaired) electrons. The quantitative estimate of drug-likeness (QED) is 0.819. The van der Waals surface area contributed by atoms with Gasteiger partial charge in [-0.1, -0.05) is 23.7 Å². The number of nitrogens with one attached hydrogen (secondary N) is 1. The number of carbonyl (C=O) groups is 1. The van der Waals surface area contributed by atoms with Crippen molar-refractivity contribution in [3.05, 3.63) is 58.1 Å². The van der Waals surface area contributed by atoms with Crippen molar-refractivity contribution >= 4 is 28.9 Å². The maximum absolute atomic E-state index is 12.2. The van der Waals surface area contributed by atoms with E-state index in [0.29, 0.717) is 16.3 Å². The van der Waals surface area contributed by atoms with E-state index in [4.69, 9.17) is 17.3 Å². The zero-order valence-corrected chi connectivity index (χ0v) is 11.6. The minimum Gasteiger partial charge on any atom is -0.399 e. The normalized spacial score (nSPS) is 10.3. The summed E-state index contributed by atoms with van der Waals surface area (Å²) in [5, 5.41) is 3.21. The highest BCUT2D eigenvalue weighted by Crippen LogP contribution is 2.22. The molecule has 19 heavy (non-hydrogen) atoms. The molecule has 0 saturated heterocycles. The van der Waals surface area contributed by atoms with Crippen LogP contribution in [0.2, 0.25) is 5.02 Å². The van der Waals surface area contributed by atoms with E-state index in [2.05, 4.69) is 5.32 Å². The van der Waals surface area contributed by atoms with Crippen LogP contribution in [-0.2, 0) is 0 Å². The molecule has 2 aromatic carbocycles. The Balaban J connectivity index is 2.28. The van der Waals surface area contributed by atoms with Gasteiger partial charge in [-0.2, -0.15) is 0 Å². The van der Waals surface area contributed by atoms with Gasteiger partial charge >= 0.3 is 0 Å². The van der Waals surface area contributed by atoms with Crippen LogP contribution < -0.4 is 11.1 Å². The molecule has 0 aliphatic carbocycles. The molecule has 3 N–H and O–H groups in total. The molecule has 4 heteroatoms. The predicted octanol–water partition coefficient (Wildman–Crippen LogP) is 3.79. The lowest BCUT2D eigenvalue weighted by atomic mass is 10.1. The van der Waals surface area contributed by atoms with Gasteiger partial charge in [-0.3, -0.25) is 4.79 Å². The molecule has 98 valence electrons. The maximum Gasteiger partial charge on any atom is 0.257 e. The molecule has 3 nitrogen and oxygen atoms in total. The number of anilines is 2. The Bertz CT molecular complexity index is 638. The lowest BCUT2D eigenvalue weighted by molar-refractivity contribution is 0.102. The Hall–Kier alpha value is -2.00. The molecule has 0 spiro atoms. The van der Waals surface area contributed by atoms with E-state index in [0.717, 1.165) is 16.8 Å². The van der Waals surface area contributed by atoms with Gasteiger partial charge in [0.25, 0.3) is 5.91 Å². The number of amides is 1. The van der Waals surface area contributed by atoms with Crippen molar-refractivity contribution in [3.63, 3.8) is 0 Å². The highest BCUT2D eigenvalue weighted by Gasteiger charge is 2.11. The van der Waals surface area contributed by atoms with Crippen molar-refractivity contribution < 1.29 is 4.79 Å². The summed E-state index contributed by atoms with van der Waals surface area (Å²) >= 11 is 6.02. The minimum atomic E-state index is -0.237. The number of halogens is 1. The summed E-state index contributed by atoms with van der Waals surface area (Å²) in [6.07, 6.45) is 0. The molecule has 0 aliphatic rings. The van der Waals surface area contributed by atoms with E-state index in [1.807, 2.05) is 32.0 Å². The number of nitrogens with two attached hydrogens (primary N) is 1. The average molecular weight is 275 g/mol. The number of hydrogen-bond acceptors (Lipinski definition) is 2. The summed E-state index contributed by atoms with van der Waals surface area (Å²) < 4.78 is 0. The fraction of sp³-hybridized carbons (Fsp3) is 0.133. The van der Waals surface area contributed by atoms with Gasteiger partial charge in [0, 0.05) is 11.4 Å². The Morgan fingerprint density at radius 3 is 2.58 bits per heavy atom. The van der Waals surface area contributed by atoms with Crippen LogP contribution in [0.25, 0.3) is 0 Å². The first kappa shape index (κ1) is 13.4. The topological polar surface area (TPSA) is 55.1 Å². The van der Waals surface area contributed by atoms with Crippen LogP contribution >= 0.6 is 11.6 Å². The highest BCUT2D eigenvalue weighted by molar-refractivity contribution is 6.34. The first-order chi connectivity index (χ1) is 8.97. The van der Waals surface area contributed by atoms with Crippen LogP contribution in [0.3, 0.4) is 0 Å². The molecular formula is C15H15ClN2O. The molecule has 0 bridgehead atoms. The molecule has 2 rings (SSSR count).